The molecule has 0 unspecified atom stereocenters. The fraction of sp³-hybridized carbons (Fsp3) is 0.176. The number of aromatic nitrogens is 3. The molecule has 1 atom stereocenters. The van der Waals surface area contributed by atoms with Gasteiger partial charge in [0.1, 0.15) is 0 Å². The van der Waals surface area contributed by atoms with Crippen molar-refractivity contribution in [1.82, 2.24) is 20.5 Å². The highest BCUT2D eigenvalue weighted by atomic mass is 16.4. The van der Waals surface area contributed by atoms with E-state index in [1.165, 1.54) is 0 Å². The zero-order valence-corrected chi connectivity index (χ0v) is 12.6. The molecule has 0 bridgehead atoms. The van der Waals surface area contributed by atoms with Crippen molar-refractivity contribution >= 4 is 5.91 Å². The van der Waals surface area contributed by atoms with Gasteiger partial charge < -0.3 is 9.73 Å². The fourth-order valence-electron chi connectivity index (χ4n) is 2.14. The van der Waals surface area contributed by atoms with Crippen molar-refractivity contribution < 1.29 is 9.21 Å². The van der Waals surface area contributed by atoms with E-state index in [0.29, 0.717) is 12.1 Å². The molecule has 2 heterocycles. The molecule has 6 heteroatoms. The van der Waals surface area contributed by atoms with E-state index < -0.39 is 0 Å². The maximum atomic E-state index is 12.1. The summed E-state index contributed by atoms with van der Waals surface area (Å²) >= 11 is 0. The van der Waals surface area contributed by atoms with E-state index in [2.05, 4.69) is 20.5 Å². The number of nitrogens with zero attached hydrogens (tertiary/aromatic N) is 3. The van der Waals surface area contributed by atoms with Gasteiger partial charge in [-0.3, -0.25) is 9.78 Å². The third-order valence-corrected chi connectivity index (χ3v) is 3.47. The van der Waals surface area contributed by atoms with Gasteiger partial charge in [0, 0.05) is 18.9 Å². The minimum absolute atomic E-state index is 0.0517. The first-order valence-corrected chi connectivity index (χ1v) is 7.31. The van der Waals surface area contributed by atoms with E-state index in [4.69, 9.17) is 4.42 Å². The lowest BCUT2D eigenvalue weighted by molar-refractivity contribution is 0.0917. The number of carbonyl (C=O) groups excluding carboxylic acids is 1. The molecule has 0 saturated carbocycles. The summed E-state index contributed by atoms with van der Waals surface area (Å²) in [5.41, 5.74) is 1.84. The van der Waals surface area contributed by atoms with Crippen LogP contribution in [0.25, 0.3) is 11.5 Å². The van der Waals surface area contributed by atoms with Crippen LogP contribution in [-0.2, 0) is 0 Å². The van der Waals surface area contributed by atoms with Gasteiger partial charge in [-0.1, -0.05) is 37.3 Å². The molecule has 23 heavy (non-hydrogen) atoms. The highest BCUT2D eigenvalue weighted by Gasteiger charge is 2.16. The lowest BCUT2D eigenvalue weighted by Crippen LogP contribution is -2.27. The molecule has 2 aromatic heterocycles. The van der Waals surface area contributed by atoms with E-state index >= 15 is 0 Å². The Labute approximate surface area is 133 Å². The number of amides is 1. The van der Waals surface area contributed by atoms with E-state index in [-0.39, 0.29) is 23.6 Å². The first-order valence-electron chi connectivity index (χ1n) is 7.31. The van der Waals surface area contributed by atoms with Crippen molar-refractivity contribution in [3.63, 3.8) is 0 Å². The number of rotatable bonds is 5. The Kier molecular flexibility index (Phi) is 4.42. The highest BCUT2D eigenvalue weighted by molar-refractivity contribution is 5.89. The van der Waals surface area contributed by atoms with Crippen LogP contribution in [0.2, 0.25) is 0 Å². The first-order chi connectivity index (χ1) is 11.2. The standard InChI is InChI=1S/C17H16N4O2/c1-12(13-6-3-2-4-7-13)10-19-15(22)17-21-20-16(23-17)14-8-5-9-18-11-14/h2-9,11-12H,10H2,1H3,(H,19,22)/t12-/m1/s1. The van der Waals surface area contributed by atoms with Crippen molar-refractivity contribution in [2.45, 2.75) is 12.8 Å². The second-order valence-corrected chi connectivity index (χ2v) is 5.18. The number of nitrogens with one attached hydrogen (secondary N) is 1. The first kappa shape index (κ1) is 14.9. The molecule has 3 aromatic rings. The largest absolute Gasteiger partial charge is 0.412 e. The molecule has 0 radical (unpaired) electrons. The molecule has 1 N–H and O–H groups in total. The second-order valence-electron chi connectivity index (χ2n) is 5.18. The molecule has 3 rings (SSSR count). The van der Waals surface area contributed by atoms with Crippen LogP contribution in [0.1, 0.15) is 29.1 Å². The SMILES string of the molecule is C[C@H](CNC(=O)c1nnc(-c2cccnc2)o1)c1ccccc1. The van der Waals surface area contributed by atoms with Gasteiger partial charge in [0.2, 0.25) is 5.89 Å². The molecule has 0 aliphatic heterocycles. The number of carbonyl (C=O) groups is 1. The topological polar surface area (TPSA) is 80.9 Å². The minimum atomic E-state index is -0.379. The van der Waals surface area contributed by atoms with Gasteiger partial charge in [0.15, 0.2) is 0 Å². The third-order valence-electron chi connectivity index (χ3n) is 3.47. The number of benzene rings is 1. The normalized spacial score (nSPS) is 11.9. The predicted octanol–water partition coefficient (Wildman–Crippen LogP) is 2.67. The molecule has 0 aliphatic carbocycles. The molecular weight excluding hydrogens is 292 g/mol. The van der Waals surface area contributed by atoms with Gasteiger partial charge in [-0.15, -0.1) is 10.2 Å². The molecule has 116 valence electrons. The van der Waals surface area contributed by atoms with E-state index in [1.807, 2.05) is 37.3 Å². The van der Waals surface area contributed by atoms with Gasteiger partial charge >= 0.3 is 11.8 Å². The molecule has 6 nitrogen and oxygen atoms in total. The van der Waals surface area contributed by atoms with Crippen molar-refractivity contribution in [1.29, 1.82) is 0 Å². The van der Waals surface area contributed by atoms with E-state index in [1.54, 1.807) is 24.5 Å². The van der Waals surface area contributed by atoms with E-state index in [0.717, 1.165) is 5.56 Å². The van der Waals surface area contributed by atoms with Gasteiger partial charge in [-0.2, -0.15) is 0 Å². The Morgan fingerprint density at radius 2 is 2.00 bits per heavy atom. The van der Waals surface area contributed by atoms with Crippen LogP contribution >= 0.6 is 0 Å². The fourth-order valence-corrected chi connectivity index (χ4v) is 2.14. The lowest BCUT2D eigenvalue weighted by atomic mass is 10.0. The summed E-state index contributed by atoms with van der Waals surface area (Å²) in [6.45, 7) is 2.54. The number of hydrogen-bond donors (Lipinski definition) is 1. The zero-order valence-electron chi connectivity index (χ0n) is 12.6. The zero-order chi connectivity index (χ0) is 16.1. The molecule has 0 fully saturated rings. The third kappa shape index (κ3) is 3.60. The number of hydrogen-bond acceptors (Lipinski definition) is 5. The van der Waals surface area contributed by atoms with Crippen LogP contribution < -0.4 is 5.32 Å². The van der Waals surface area contributed by atoms with Gasteiger partial charge in [-0.05, 0) is 23.6 Å². The molecule has 1 amide bonds. The maximum Gasteiger partial charge on any atom is 0.308 e. The van der Waals surface area contributed by atoms with Crippen LogP contribution in [0.4, 0.5) is 0 Å². The van der Waals surface area contributed by atoms with E-state index in [9.17, 15) is 4.79 Å². The minimum Gasteiger partial charge on any atom is -0.412 e. The summed E-state index contributed by atoms with van der Waals surface area (Å²) in [6, 6.07) is 13.5. The Bertz CT molecular complexity index is 772. The van der Waals surface area contributed by atoms with Gasteiger partial charge in [0.25, 0.3) is 0 Å². The Hall–Kier alpha value is -3.02. The second kappa shape index (κ2) is 6.83. The van der Waals surface area contributed by atoms with Crippen LogP contribution in [0.5, 0.6) is 0 Å². The van der Waals surface area contributed by atoms with Crippen LogP contribution in [0.15, 0.2) is 59.3 Å². The molecule has 0 spiro atoms. The average molecular weight is 308 g/mol. The monoisotopic (exact) mass is 308 g/mol. The number of pyridine rings is 1. The Morgan fingerprint density at radius 3 is 2.74 bits per heavy atom. The van der Waals surface area contributed by atoms with Crippen LogP contribution in [0, 0.1) is 0 Å². The molecular formula is C17H16N4O2. The smallest absolute Gasteiger partial charge is 0.308 e. The van der Waals surface area contributed by atoms with Crippen molar-refractivity contribution in [3.8, 4) is 11.5 Å². The van der Waals surface area contributed by atoms with Crippen molar-refractivity contribution in [2.75, 3.05) is 6.54 Å². The summed E-state index contributed by atoms with van der Waals surface area (Å²) in [6.07, 6.45) is 3.26. The van der Waals surface area contributed by atoms with Crippen LogP contribution in [0.3, 0.4) is 0 Å². The van der Waals surface area contributed by atoms with Crippen molar-refractivity contribution in [3.05, 3.63) is 66.3 Å². The van der Waals surface area contributed by atoms with Crippen molar-refractivity contribution in [2.24, 2.45) is 0 Å². The maximum absolute atomic E-state index is 12.1. The molecule has 0 saturated heterocycles. The Morgan fingerprint density at radius 1 is 1.17 bits per heavy atom. The summed E-state index contributed by atoms with van der Waals surface area (Å²) in [7, 11) is 0. The summed E-state index contributed by atoms with van der Waals surface area (Å²) < 4.78 is 5.40. The summed E-state index contributed by atoms with van der Waals surface area (Å²) in [4.78, 5) is 16.1. The summed E-state index contributed by atoms with van der Waals surface area (Å²) in [5.74, 6) is 0.0414. The quantitative estimate of drug-likeness (QED) is 0.783. The lowest BCUT2D eigenvalue weighted by Gasteiger charge is -2.11. The highest BCUT2D eigenvalue weighted by Crippen LogP contribution is 2.16. The predicted molar refractivity (Wildman–Crippen MR) is 84.7 cm³/mol. The molecule has 1 aromatic carbocycles. The molecule has 0 aliphatic rings. The van der Waals surface area contributed by atoms with Gasteiger partial charge in [-0.25, -0.2) is 0 Å². The summed E-state index contributed by atoms with van der Waals surface area (Å²) in [5, 5.41) is 10.5. The Balaban J connectivity index is 1.62. The van der Waals surface area contributed by atoms with Crippen LogP contribution in [-0.4, -0.2) is 27.6 Å². The van der Waals surface area contributed by atoms with Gasteiger partial charge in [0.05, 0.1) is 5.56 Å². The average Bonchev–Trinajstić information content (AvgIpc) is 3.11.